The number of piperazine rings is 1. The average Bonchev–Trinajstić information content (AvgIpc) is 3.08. The second-order valence-corrected chi connectivity index (χ2v) is 8.42. The third-order valence-electron chi connectivity index (χ3n) is 6.60. The van der Waals surface area contributed by atoms with E-state index in [1.807, 2.05) is 24.5 Å². The van der Waals surface area contributed by atoms with Gasteiger partial charge >= 0.3 is 0 Å². The highest BCUT2D eigenvalue weighted by atomic mass is 16.2. The minimum atomic E-state index is 0.100. The standard InChI is InChI=1S/C22H31N5O/c1-24-11-10-22(9-8-21(24)28)17-26(13-12-25(22)2)16-20-14-23-18-27(20)15-19-6-4-3-5-7-19/h3-7,14,18H,8-13,15-17H2,1-2H3. The largest absolute Gasteiger partial charge is 0.346 e. The zero-order valence-corrected chi connectivity index (χ0v) is 17.0. The van der Waals surface area contributed by atoms with Crippen molar-refractivity contribution in [2.24, 2.45) is 0 Å². The van der Waals surface area contributed by atoms with Crippen molar-refractivity contribution in [3.8, 4) is 0 Å². The van der Waals surface area contributed by atoms with Crippen molar-refractivity contribution >= 4 is 5.91 Å². The molecule has 1 atom stereocenters. The van der Waals surface area contributed by atoms with E-state index in [0.29, 0.717) is 6.42 Å². The molecular weight excluding hydrogens is 350 g/mol. The number of aromatic nitrogens is 2. The van der Waals surface area contributed by atoms with E-state index in [0.717, 1.165) is 52.1 Å². The van der Waals surface area contributed by atoms with Crippen molar-refractivity contribution in [3.05, 3.63) is 54.1 Å². The number of rotatable bonds is 4. The van der Waals surface area contributed by atoms with Crippen LogP contribution >= 0.6 is 0 Å². The number of benzene rings is 1. The van der Waals surface area contributed by atoms with Crippen LogP contribution in [0, 0.1) is 0 Å². The van der Waals surface area contributed by atoms with Crippen molar-refractivity contribution in [2.45, 2.75) is 37.9 Å². The molecule has 2 aliphatic heterocycles. The van der Waals surface area contributed by atoms with Crippen LogP contribution in [0.1, 0.15) is 30.5 Å². The molecule has 2 aromatic rings. The van der Waals surface area contributed by atoms with Gasteiger partial charge in [-0.15, -0.1) is 0 Å². The average molecular weight is 382 g/mol. The first-order valence-electron chi connectivity index (χ1n) is 10.3. The second kappa shape index (κ2) is 8.05. The summed E-state index contributed by atoms with van der Waals surface area (Å²) in [5.74, 6) is 0.281. The van der Waals surface area contributed by atoms with Gasteiger partial charge in [-0.2, -0.15) is 0 Å². The van der Waals surface area contributed by atoms with E-state index in [4.69, 9.17) is 0 Å². The Balaban J connectivity index is 1.46. The molecule has 150 valence electrons. The van der Waals surface area contributed by atoms with Crippen LogP contribution in [0.5, 0.6) is 0 Å². The van der Waals surface area contributed by atoms with Crippen LogP contribution in [0.2, 0.25) is 0 Å². The summed E-state index contributed by atoms with van der Waals surface area (Å²) in [6.07, 6.45) is 6.59. The number of carbonyl (C=O) groups excluding carboxylic acids is 1. The highest BCUT2D eigenvalue weighted by molar-refractivity contribution is 5.76. The molecule has 0 N–H and O–H groups in total. The highest BCUT2D eigenvalue weighted by Crippen LogP contribution is 2.32. The van der Waals surface area contributed by atoms with Gasteiger partial charge in [0.2, 0.25) is 5.91 Å². The number of amides is 1. The number of likely N-dealkylation sites (tertiary alicyclic amines) is 1. The summed E-state index contributed by atoms with van der Waals surface area (Å²) >= 11 is 0. The molecule has 1 unspecified atom stereocenters. The van der Waals surface area contributed by atoms with Gasteiger partial charge in [0.25, 0.3) is 0 Å². The van der Waals surface area contributed by atoms with Crippen LogP contribution in [0.25, 0.3) is 0 Å². The number of nitrogens with zero attached hydrogens (tertiary/aromatic N) is 5. The van der Waals surface area contributed by atoms with E-state index < -0.39 is 0 Å². The molecule has 1 aromatic carbocycles. The highest BCUT2D eigenvalue weighted by Gasteiger charge is 2.41. The molecule has 1 aromatic heterocycles. The first kappa shape index (κ1) is 19.2. The fourth-order valence-electron chi connectivity index (χ4n) is 4.61. The van der Waals surface area contributed by atoms with E-state index >= 15 is 0 Å². The van der Waals surface area contributed by atoms with Gasteiger partial charge in [0.05, 0.1) is 12.0 Å². The molecule has 0 saturated carbocycles. The van der Waals surface area contributed by atoms with Gasteiger partial charge in [0.1, 0.15) is 0 Å². The Kier molecular flexibility index (Phi) is 5.51. The Morgan fingerprint density at radius 3 is 2.68 bits per heavy atom. The van der Waals surface area contributed by atoms with Gasteiger partial charge in [0, 0.05) is 64.5 Å². The first-order chi connectivity index (χ1) is 13.6. The van der Waals surface area contributed by atoms with E-state index in [-0.39, 0.29) is 11.4 Å². The van der Waals surface area contributed by atoms with Gasteiger partial charge in [-0.25, -0.2) is 4.98 Å². The number of carbonyl (C=O) groups is 1. The monoisotopic (exact) mass is 381 g/mol. The van der Waals surface area contributed by atoms with E-state index in [2.05, 4.69) is 56.7 Å². The van der Waals surface area contributed by atoms with Crippen LogP contribution in [-0.2, 0) is 17.9 Å². The Morgan fingerprint density at radius 2 is 1.86 bits per heavy atom. The lowest BCUT2D eigenvalue weighted by Gasteiger charge is -2.49. The van der Waals surface area contributed by atoms with Crippen molar-refractivity contribution < 1.29 is 4.79 Å². The number of hydrogen-bond acceptors (Lipinski definition) is 4. The maximum atomic E-state index is 12.2. The minimum Gasteiger partial charge on any atom is -0.346 e. The summed E-state index contributed by atoms with van der Waals surface area (Å²) in [6.45, 7) is 5.73. The topological polar surface area (TPSA) is 44.6 Å². The maximum absolute atomic E-state index is 12.2. The fourth-order valence-corrected chi connectivity index (χ4v) is 4.61. The number of hydrogen-bond donors (Lipinski definition) is 0. The third-order valence-corrected chi connectivity index (χ3v) is 6.60. The molecule has 1 spiro atoms. The van der Waals surface area contributed by atoms with E-state index in [9.17, 15) is 4.79 Å². The molecule has 0 bridgehead atoms. The predicted octanol–water partition coefficient (Wildman–Crippen LogP) is 2.06. The maximum Gasteiger partial charge on any atom is 0.222 e. The molecule has 4 rings (SSSR count). The SMILES string of the molecule is CN1CCC2(CCC1=O)CN(Cc1cncn1Cc1ccccc1)CCN2C. The molecule has 2 saturated heterocycles. The van der Waals surface area contributed by atoms with Crippen LogP contribution in [0.3, 0.4) is 0 Å². The molecule has 0 aliphatic carbocycles. The summed E-state index contributed by atoms with van der Waals surface area (Å²) in [6, 6.07) is 10.5. The normalized spacial score (nSPS) is 24.6. The molecule has 3 heterocycles. The van der Waals surface area contributed by atoms with Crippen LogP contribution in [0.4, 0.5) is 0 Å². The Morgan fingerprint density at radius 1 is 1.04 bits per heavy atom. The Hall–Kier alpha value is -2.18. The molecular formula is C22H31N5O. The second-order valence-electron chi connectivity index (χ2n) is 8.42. The number of imidazole rings is 1. The third kappa shape index (κ3) is 3.98. The van der Waals surface area contributed by atoms with Crippen LogP contribution in [-0.4, -0.2) is 76.0 Å². The lowest BCUT2D eigenvalue weighted by molar-refractivity contribution is -0.129. The van der Waals surface area contributed by atoms with Gasteiger partial charge in [-0.05, 0) is 25.5 Å². The Bertz CT molecular complexity index is 804. The van der Waals surface area contributed by atoms with E-state index in [1.165, 1.54) is 11.3 Å². The van der Waals surface area contributed by atoms with Gasteiger partial charge < -0.3 is 9.47 Å². The Labute approximate surface area is 167 Å². The molecule has 28 heavy (non-hydrogen) atoms. The van der Waals surface area contributed by atoms with Crippen molar-refractivity contribution in [2.75, 3.05) is 40.3 Å². The first-order valence-corrected chi connectivity index (χ1v) is 10.3. The lowest BCUT2D eigenvalue weighted by Crippen LogP contribution is -2.60. The van der Waals surface area contributed by atoms with E-state index in [1.54, 1.807) is 0 Å². The summed E-state index contributed by atoms with van der Waals surface area (Å²) in [4.78, 5) is 23.5. The summed E-state index contributed by atoms with van der Waals surface area (Å²) in [5, 5.41) is 0. The zero-order chi connectivity index (χ0) is 19.6. The van der Waals surface area contributed by atoms with Crippen LogP contribution < -0.4 is 0 Å². The lowest BCUT2D eigenvalue weighted by atomic mass is 9.86. The van der Waals surface area contributed by atoms with Crippen molar-refractivity contribution in [1.82, 2.24) is 24.3 Å². The molecule has 2 aliphatic rings. The fraction of sp³-hybridized carbons (Fsp3) is 0.545. The zero-order valence-electron chi connectivity index (χ0n) is 17.0. The van der Waals surface area contributed by atoms with Crippen LogP contribution in [0.15, 0.2) is 42.9 Å². The van der Waals surface area contributed by atoms with Crippen molar-refractivity contribution in [3.63, 3.8) is 0 Å². The summed E-state index contributed by atoms with van der Waals surface area (Å²) < 4.78 is 2.25. The van der Waals surface area contributed by atoms with Gasteiger partial charge in [0.15, 0.2) is 0 Å². The van der Waals surface area contributed by atoms with Gasteiger partial charge in [-0.3, -0.25) is 14.6 Å². The van der Waals surface area contributed by atoms with Gasteiger partial charge in [-0.1, -0.05) is 30.3 Å². The number of likely N-dealkylation sites (N-methyl/N-ethyl adjacent to an activating group) is 1. The summed E-state index contributed by atoms with van der Waals surface area (Å²) in [7, 11) is 4.16. The molecule has 6 heteroatoms. The molecule has 1 amide bonds. The molecule has 2 fully saturated rings. The quantitative estimate of drug-likeness (QED) is 0.813. The predicted molar refractivity (Wildman–Crippen MR) is 110 cm³/mol. The summed E-state index contributed by atoms with van der Waals surface area (Å²) in [5.41, 5.74) is 2.65. The molecule has 6 nitrogen and oxygen atoms in total. The van der Waals surface area contributed by atoms with Crippen molar-refractivity contribution in [1.29, 1.82) is 0 Å². The minimum absolute atomic E-state index is 0.100. The smallest absolute Gasteiger partial charge is 0.222 e. The molecule has 0 radical (unpaired) electrons.